The van der Waals surface area contributed by atoms with Gasteiger partial charge in [-0.2, -0.15) is 0 Å². The van der Waals surface area contributed by atoms with E-state index in [1.165, 1.54) is 32.1 Å². The Hall–Kier alpha value is -0.570. The number of amides is 1. The van der Waals surface area contributed by atoms with Gasteiger partial charge in [-0.1, -0.05) is 53.4 Å². The van der Waals surface area contributed by atoms with Crippen LogP contribution in [0.1, 0.15) is 79.1 Å². The van der Waals surface area contributed by atoms with Gasteiger partial charge in [0.15, 0.2) is 0 Å². The van der Waals surface area contributed by atoms with Gasteiger partial charge in [-0.15, -0.1) is 0 Å². The zero-order valence-electron chi connectivity index (χ0n) is 14.4. The molecule has 2 fully saturated rings. The number of nitrogens with zero attached hydrogens (tertiary/aromatic N) is 1. The molecule has 122 valence electrons. The fourth-order valence-corrected chi connectivity index (χ4v) is 4.17. The van der Waals surface area contributed by atoms with Crippen LogP contribution in [-0.4, -0.2) is 29.1 Å². The Bertz CT molecular complexity index is 342. The summed E-state index contributed by atoms with van der Waals surface area (Å²) in [5.74, 6) is 1.77. The highest BCUT2D eigenvalue weighted by molar-refractivity contribution is 5.84. The highest BCUT2D eigenvalue weighted by Crippen LogP contribution is 2.33. The molecule has 0 bridgehead atoms. The summed E-state index contributed by atoms with van der Waals surface area (Å²) in [6.07, 6.45) is 9.83. The van der Waals surface area contributed by atoms with Crippen LogP contribution in [-0.2, 0) is 4.79 Å². The van der Waals surface area contributed by atoms with Crippen molar-refractivity contribution < 1.29 is 4.79 Å². The van der Waals surface area contributed by atoms with Crippen LogP contribution in [0, 0.1) is 11.8 Å². The molecule has 0 aromatic heterocycles. The Morgan fingerprint density at radius 2 is 2.05 bits per heavy atom. The maximum absolute atomic E-state index is 12.9. The lowest BCUT2D eigenvalue weighted by Gasteiger charge is -2.38. The molecule has 0 aromatic rings. The Morgan fingerprint density at radius 1 is 1.29 bits per heavy atom. The Labute approximate surface area is 130 Å². The highest BCUT2D eigenvalue weighted by Gasteiger charge is 2.42. The molecule has 3 heteroatoms. The monoisotopic (exact) mass is 294 g/mol. The maximum atomic E-state index is 12.9. The summed E-state index contributed by atoms with van der Waals surface area (Å²) in [5.41, 5.74) is 0. The van der Waals surface area contributed by atoms with Gasteiger partial charge in [0, 0.05) is 6.04 Å². The van der Waals surface area contributed by atoms with Crippen molar-refractivity contribution in [2.24, 2.45) is 11.8 Å². The van der Waals surface area contributed by atoms with Gasteiger partial charge < -0.3 is 4.90 Å². The first-order valence-electron chi connectivity index (χ1n) is 9.15. The quantitative estimate of drug-likeness (QED) is 0.805. The van der Waals surface area contributed by atoms with E-state index in [0.717, 1.165) is 25.2 Å². The van der Waals surface area contributed by atoms with Gasteiger partial charge in [0.1, 0.15) is 0 Å². The summed E-state index contributed by atoms with van der Waals surface area (Å²) < 4.78 is 0. The van der Waals surface area contributed by atoms with Crippen LogP contribution in [0.4, 0.5) is 0 Å². The van der Waals surface area contributed by atoms with Crippen LogP contribution in [0.25, 0.3) is 0 Å². The van der Waals surface area contributed by atoms with Crippen molar-refractivity contribution in [3.8, 4) is 0 Å². The van der Waals surface area contributed by atoms with Crippen molar-refractivity contribution in [1.82, 2.24) is 10.2 Å². The number of rotatable bonds is 6. The van der Waals surface area contributed by atoms with E-state index in [0.29, 0.717) is 17.9 Å². The maximum Gasteiger partial charge on any atom is 0.241 e. The first-order valence-corrected chi connectivity index (χ1v) is 9.15. The van der Waals surface area contributed by atoms with Crippen LogP contribution in [0.2, 0.25) is 0 Å². The van der Waals surface area contributed by atoms with Gasteiger partial charge in [0.25, 0.3) is 0 Å². The summed E-state index contributed by atoms with van der Waals surface area (Å²) >= 11 is 0. The van der Waals surface area contributed by atoms with Crippen LogP contribution >= 0.6 is 0 Å². The minimum Gasteiger partial charge on any atom is -0.323 e. The van der Waals surface area contributed by atoms with Crippen LogP contribution in [0.3, 0.4) is 0 Å². The molecule has 1 saturated carbocycles. The molecule has 4 unspecified atom stereocenters. The van der Waals surface area contributed by atoms with Crippen molar-refractivity contribution in [2.45, 2.75) is 97.3 Å². The molecule has 1 amide bonds. The van der Waals surface area contributed by atoms with Gasteiger partial charge in [-0.25, -0.2) is 0 Å². The zero-order chi connectivity index (χ0) is 15.4. The van der Waals surface area contributed by atoms with Crippen LogP contribution in [0.5, 0.6) is 0 Å². The van der Waals surface area contributed by atoms with E-state index in [4.69, 9.17) is 0 Å². The average molecular weight is 294 g/mol. The Kier molecular flexibility index (Phi) is 6.09. The van der Waals surface area contributed by atoms with Crippen molar-refractivity contribution >= 4 is 5.91 Å². The second-order valence-electron chi connectivity index (χ2n) is 7.49. The number of nitrogens with one attached hydrogen (secondary N) is 1. The highest BCUT2D eigenvalue weighted by atomic mass is 16.2. The van der Waals surface area contributed by atoms with E-state index in [9.17, 15) is 4.79 Å². The van der Waals surface area contributed by atoms with Crippen LogP contribution in [0.15, 0.2) is 0 Å². The fraction of sp³-hybridized carbons (Fsp3) is 0.944. The third-order valence-corrected chi connectivity index (χ3v) is 5.28. The SMILES string of the molecule is CCCC1NC(CC(C)C)C(=O)N1C1CCCC(CC)C1. The molecule has 2 aliphatic rings. The van der Waals surface area contributed by atoms with E-state index < -0.39 is 0 Å². The van der Waals surface area contributed by atoms with E-state index in [-0.39, 0.29) is 12.2 Å². The second kappa shape index (κ2) is 7.62. The van der Waals surface area contributed by atoms with Crippen molar-refractivity contribution in [3.05, 3.63) is 0 Å². The first-order chi connectivity index (χ1) is 10.1. The molecule has 0 spiro atoms. The summed E-state index contributed by atoms with van der Waals surface area (Å²) in [5, 5.41) is 3.63. The van der Waals surface area contributed by atoms with Gasteiger partial charge in [-0.05, 0) is 37.5 Å². The predicted octanol–water partition coefficient (Wildman–Crippen LogP) is 3.93. The lowest BCUT2D eigenvalue weighted by atomic mass is 9.83. The minimum atomic E-state index is 0.0588. The van der Waals surface area contributed by atoms with Crippen molar-refractivity contribution in [1.29, 1.82) is 0 Å². The average Bonchev–Trinajstić information content (AvgIpc) is 2.75. The van der Waals surface area contributed by atoms with Gasteiger partial charge in [0.05, 0.1) is 12.2 Å². The molecule has 1 heterocycles. The van der Waals surface area contributed by atoms with Crippen LogP contribution < -0.4 is 5.32 Å². The molecule has 4 atom stereocenters. The smallest absolute Gasteiger partial charge is 0.241 e. The Balaban J connectivity index is 2.08. The second-order valence-corrected chi connectivity index (χ2v) is 7.49. The van der Waals surface area contributed by atoms with Crippen molar-refractivity contribution in [2.75, 3.05) is 0 Å². The molecular formula is C18H34N2O. The third-order valence-electron chi connectivity index (χ3n) is 5.28. The summed E-state index contributed by atoms with van der Waals surface area (Å²) in [4.78, 5) is 15.1. The number of carbonyl (C=O) groups is 1. The van der Waals surface area contributed by atoms with Crippen molar-refractivity contribution in [3.63, 3.8) is 0 Å². The normalized spacial score (nSPS) is 34.0. The molecular weight excluding hydrogens is 260 g/mol. The van der Waals surface area contributed by atoms with E-state index in [2.05, 4.69) is 37.9 Å². The molecule has 1 aliphatic carbocycles. The molecule has 3 nitrogen and oxygen atoms in total. The summed E-state index contributed by atoms with van der Waals surface area (Å²) in [6, 6.07) is 0.543. The first kappa shape index (κ1) is 16.8. The van der Waals surface area contributed by atoms with E-state index in [1.54, 1.807) is 0 Å². The van der Waals surface area contributed by atoms with Gasteiger partial charge >= 0.3 is 0 Å². The van der Waals surface area contributed by atoms with Gasteiger partial charge in [-0.3, -0.25) is 10.1 Å². The standard InChI is InChI=1S/C18H34N2O/c1-5-8-17-19-16(11-13(3)4)18(21)20(17)15-10-7-9-14(6-2)12-15/h13-17,19H,5-12H2,1-4H3. The third kappa shape index (κ3) is 4.00. The molecule has 1 saturated heterocycles. The molecule has 1 aliphatic heterocycles. The lowest BCUT2D eigenvalue weighted by molar-refractivity contribution is -0.133. The number of hydrogen-bond donors (Lipinski definition) is 1. The largest absolute Gasteiger partial charge is 0.323 e. The molecule has 1 N–H and O–H groups in total. The topological polar surface area (TPSA) is 32.3 Å². The molecule has 0 radical (unpaired) electrons. The van der Waals surface area contributed by atoms with E-state index >= 15 is 0 Å². The zero-order valence-corrected chi connectivity index (χ0v) is 14.4. The van der Waals surface area contributed by atoms with E-state index in [1.807, 2.05) is 0 Å². The minimum absolute atomic E-state index is 0.0588. The fourth-order valence-electron chi connectivity index (χ4n) is 4.17. The number of carbonyl (C=O) groups excluding carboxylic acids is 1. The molecule has 21 heavy (non-hydrogen) atoms. The molecule has 0 aromatic carbocycles. The Morgan fingerprint density at radius 3 is 2.67 bits per heavy atom. The van der Waals surface area contributed by atoms with Gasteiger partial charge in [0.2, 0.25) is 5.91 Å². The summed E-state index contributed by atoms with van der Waals surface area (Å²) in [7, 11) is 0. The number of hydrogen-bond acceptors (Lipinski definition) is 2. The lowest BCUT2D eigenvalue weighted by Crippen LogP contribution is -2.46. The summed E-state index contributed by atoms with van der Waals surface area (Å²) in [6.45, 7) is 8.93. The molecule has 2 rings (SSSR count). The predicted molar refractivity (Wildman–Crippen MR) is 88.0 cm³/mol.